The molecule has 0 aromatic heterocycles. The Morgan fingerprint density at radius 1 is 0.660 bits per heavy atom. The van der Waals surface area contributed by atoms with E-state index < -0.39 is 39.9 Å². The Morgan fingerprint density at radius 3 is 1.55 bits per heavy atom. The summed E-state index contributed by atoms with van der Waals surface area (Å²) in [6.07, 6.45) is 1.20. The van der Waals surface area contributed by atoms with Gasteiger partial charge in [0.15, 0.2) is 5.79 Å². The number of rotatable bonds is 10. The molecule has 13 nitrogen and oxygen atoms in total. The zero-order valence-electron chi connectivity index (χ0n) is 29.5. The summed E-state index contributed by atoms with van der Waals surface area (Å²) in [5, 5.41) is 23.6. The Hall–Kier alpha value is -5.53. The smallest absolute Gasteiger partial charge is 0.321 e. The standard InChI is InChI=1S/C40H40N4O9/c1-40(2)52-37-33(21-25-9-11-35-29(17-25)13-15-50-35)41(23-27-5-3-7-31(19-27)43(46)47)39(45)42(24-28-6-4-8-32(20-28)44(48)49)34(38(37)53-40)22-26-10-12-36-30(18-26)14-16-51-36/h3-12,17-20,33-34,37-38H,13-16,21-24H2,1-2H3/t33-,34-,37+,38+/m1/s1. The number of urea groups is 1. The van der Waals surface area contributed by atoms with Crippen LogP contribution in [0.25, 0.3) is 0 Å². The number of carbonyl (C=O) groups is 1. The maximum Gasteiger partial charge on any atom is 0.321 e. The predicted molar refractivity (Wildman–Crippen MR) is 193 cm³/mol. The number of fused-ring (bicyclic) bond motifs is 3. The lowest BCUT2D eigenvalue weighted by Gasteiger charge is -2.37. The first kappa shape index (κ1) is 34.6. The number of amides is 2. The van der Waals surface area contributed by atoms with Crippen LogP contribution in [0.5, 0.6) is 11.5 Å². The lowest BCUT2D eigenvalue weighted by atomic mass is 9.90. The second-order valence-electron chi connectivity index (χ2n) is 14.6. The van der Waals surface area contributed by atoms with E-state index >= 15 is 4.79 Å². The van der Waals surface area contributed by atoms with Gasteiger partial charge in [-0.1, -0.05) is 48.5 Å². The van der Waals surface area contributed by atoms with Crippen molar-refractivity contribution in [2.75, 3.05) is 13.2 Å². The minimum atomic E-state index is -1.00. The van der Waals surface area contributed by atoms with Crippen molar-refractivity contribution < 1.29 is 33.6 Å². The summed E-state index contributed by atoms with van der Waals surface area (Å²) in [6.45, 7) is 5.07. The molecule has 0 saturated carbocycles. The first-order valence-electron chi connectivity index (χ1n) is 17.9. The number of carbonyl (C=O) groups excluding carboxylic acids is 1. The summed E-state index contributed by atoms with van der Waals surface area (Å²) < 4.78 is 25.1. The molecule has 4 aromatic rings. The number of benzene rings is 4. The first-order chi connectivity index (χ1) is 25.5. The molecule has 0 bridgehead atoms. The summed E-state index contributed by atoms with van der Waals surface area (Å²) in [6, 6.07) is 23.4. The number of nitro groups is 2. The van der Waals surface area contributed by atoms with Crippen molar-refractivity contribution in [3.05, 3.63) is 139 Å². The lowest BCUT2D eigenvalue weighted by Crippen LogP contribution is -2.51. The van der Waals surface area contributed by atoms with Crippen LogP contribution in [-0.2, 0) is 48.2 Å². The Balaban J connectivity index is 1.26. The molecule has 4 aromatic carbocycles. The molecule has 0 N–H and O–H groups in total. The van der Waals surface area contributed by atoms with Crippen LogP contribution in [0.3, 0.4) is 0 Å². The molecule has 274 valence electrons. The molecule has 4 atom stereocenters. The lowest BCUT2D eigenvalue weighted by molar-refractivity contribution is -0.385. The Kier molecular flexibility index (Phi) is 8.99. The summed E-state index contributed by atoms with van der Waals surface area (Å²) >= 11 is 0. The van der Waals surface area contributed by atoms with Crippen LogP contribution >= 0.6 is 0 Å². The number of hydrogen-bond acceptors (Lipinski definition) is 9. The fourth-order valence-electron chi connectivity index (χ4n) is 8.19. The van der Waals surface area contributed by atoms with E-state index in [-0.39, 0.29) is 30.5 Å². The highest BCUT2D eigenvalue weighted by molar-refractivity contribution is 5.76. The zero-order chi connectivity index (χ0) is 36.9. The minimum Gasteiger partial charge on any atom is -0.493 e. The topological polar surface area (TPSA) is 147 Å². The number of nitro benzene ring substituents is 2. The third-order valence-electron chi connectivity index (χ3n) is 10.6. The Morgan fingerprint density at radius 2 is 1.11 bits per heavy atom. The van der Waals surface area contributed by atoms with Gasteiger partial charge in [-0.2, -0.15) is 0 Å². The average Bonchev–Trinajstić information content (AvgIpc) is 3.88. The van der Waals surface area contributed by atoms with Gasteiger partial charge in [0.1, 0.15) is 23.7 Å². The van der Waals surface area contributed by atoms with E-state index in [1.54, 1.807) is 34.1 Å². The van der Waals surface area contributed by atoms with Gasteiger partial charge in [-0.15, -0.1) is 0 Å². The SMILES string of the molecule is CC1(C)O[C@@H]2[C@@H](O1)[C@@H](Cc1ccc3c(c1)CCO3)N(Cc1cccc([N+](=O)[O-])c1)C(=O)N(Cc1cccc([N+](=O)[O-])c1)[C@@H]2Cc1ccc2c(c1)CCO2. The van der Waals surface area contributed by atoms with Crippen LogP contribution in [0.4, 0.5) is 16.2 Å². The van der Waals surface area contributed by atoms with E-state index in [1.807, 2.05) is 38.1 Å². The van der Waals surface area contributed by atoms with E-state index in [0.29, 0.717) is 37.2 Å². The molecular weight excluding hydrogens is 680 g/mol. The van der Waals surface area contributed by atoms with Gasteiger partial charge in [0, 0.05) is 50.2 Å². The molecule has 4 heterocycles. The van der Waals surface area contributed by atoms with Crippen molar-refractivity contribution in [2.45, 2.75) is 82.7 Å². The van der Waals surface area contributed by atoms with Gasteiger partial charge in [-0.3, -0.25) is 20.2 Å². The fraction of sp³-hybridized carbons (Fsp3) is 0.375. The van der Waals surface area contributed by atoms with Crippen LogP contribution in [0.1, 0.15) is 47.2 Å². The first-order valence-corrected chi connectivity index (χ1v) is 17.9. The molecule has 2 amide bonds. The fourth-order valence-corrected chi connectivity index (χ4v) is 8.19. The number of ether oxygens (including phenoxy) is 4. The van der Waals surface area contributed by atoms with Gasteiger partial charge < -0.3 is 28.7 Å². The van der Waals surface area contributed by atoms with E-state index in [4.69, 9.17) is 18.9 Å². The molecule has 0 unspecified atom stereocenters. The predicted octanol–water partition coefficient (Wildman–Crippen LogP) is 6.55. The molecule has 8 rings (SSSR count). The molecule has 13 heteroatoms. The van der Waals surface area contributed by atoms with Crippen LogP contribution in [0, 0.1) is 20.2 Å². The summed E-state index contributed by atoms with van der Waals surface area (Å²) in [7, 11) is 0. The van der Waals surface area contributed by atoms with E-state index in [2.05, 4.69) is 12.1 Å². The molecule has 2 fully saturated rings. The third-order valence-corrected chi connectivity index (χ3v) is 10.6. The summed E-state index contributed by atoms with van der Waals surface area (Å²) in [5.41, 5.74) is 5.19. The highest BCUT2D eigenvalue weighted by atomic mass is 16.8. The monoisotopic (exact) mass is 720 g/mol. The summed E-state index contributed by atoms with van der Waals surface area (Å²) in [4.78, 5) is 41.6. The normalized spacial score (nSPS) is 22.7. The maximum absolute atomic E-state index is 15.4. The Labute approximate surface area is 306 Å². The van der Waals surface area contributed by atoms with Gasteiger partial charge in [-0.05, 0) is 72.2 Å². The van der Waals surface area contributed by atoms with Crippen molar-refractivity contribution in [3.63, 3.8) is 0 Å². The van der Waals surface area contributed by atoms with Crippen LogP contribution in [0.2, 0.25) is 0 Å². The number of non-ortho nitro benzene ring substituents is 2. The van der Waals surface area contributed by atoms with E-state index in [1.165, 1.54) is 24.3 Å². The van der Waals surface area contributed by atoms with Crippen LogP contribution in [0.15, 0.2) is 84.9 Å². The minimum absolute atomic E-state index is 0.0561. The van der Waals surface area contributed by atoms with Crippen molar-refractivity contribution in [1.29, 1.82) is 0 Å². The van der Waals surface area contributed by atoms with Gasteiger partial charge >= 0.3 is 6.03 Å². The zero-order valence-corrected chi connectivity index (χ0v) is 29.5. The molecule has 53 heavy (non-hydrogen) atoms. The molecule has 0 radical (unpaired) electrons. The van der Waals surface area contributed by atoms with Gasteiger partial charge in [0.2, 0.25) is 0 Å². The van der Waals surface area contributed by atoms with E-state index in [9.17, 15) is 20.2 Å². The summed E-state index contributed by atoms with van der Waals surface area (Å²) in [5.74, 6) is 0.695. The van der Waals surface area contributed by atoms with Gasteiger partial charge in [0.05, 0.1) is 35.1 Å². The molecular formula is C40H40N4O9. The number of hydrogen-bond donors (Lipinski definition) is 0. The van der Waals surface area contributed by atoms with Gasteiger partial charge in [-0.25, -0.2) is 4.79 Å². The van der Waals surface area contributed by atoms with Crippen molar-refractivity contribution in [3.8, 4) is 11.5 Å². The van der Waals surface area contributed by atoms with Crippen LogP contribution in [-0.4, -0.2) is 69.0 Å². The Bertz CT molecular complexity index is 1940. The average molecular weight is 721 g/mol. The second-order valence-corrected chi connectivity index (χ2v) is 14.6. The highest BCUT2D eigenvalue weighted by Crippen LogP contribution is 2.41. The van der Waals surface area contributed by atoms with E-state index in [0.717, 1.165) is 46.6 Å². The van der Waals surface area contributed by atoms with Crippen molar-refractivity contribution >= 4 is 17.4 Å². The maximum atomic E-state index is 15.4. The van der Waals surface area contributed by atoms with Crippen LogP contribution < -0.4 is 9.47 Å². The second kappa shape index (κ2) is 13.8. The van der Waals surface area contributed by atoms with Crippen molar-refractivity contribution in [1.82, 2.24) is 9.80 Å². The molecule has 4 aliphatic rings. The largest absolute Gasteiger partial charge is 0.493 e. The molecule has 2 saturated heterocycles. The highest BCUT2D eigenvalue weighted by Gasteiger charge is 2.55. The molecule has 0 spiro atoms. The van der Waals surface area contributed by atoms with Gasteiger partial charge in [0.25, 0.3) is 11.4 Å². The molecule has 0 aliphatic carbocycles. The molecule has 4 aliphatic heterocycles. The third kappa shape index (κ3) is 7.01. The number of nitrogens with zero attached hydrogens (tertiary/aromatic N) is 4. The quantitative estimate of drug-likeness (QED) is 0.131. The van der Waals surface area contributed by atoms with Crippen molar-refractivity contribution in [2.24, 2.45) is 0 Å².